The van der Waals surface area contributed by atoms with E-state index in [9.17, 15) is 10.1 Å². The van der Waals surface area contributed by atoms with E-state index < -0.39 is 4.92 Å². The van der Waals surface area contributed by atoms with Gasteiger partial charge in [0.25, 0.3) is 0 Å². The van der Waals surface area contributed by atoms with Crippen molar-refractivity contribution in [2.75, 3.05) is 5.32 Å². The van der Waals surface area contributed by atoms with E-state index >= 15 is 0 Å². The van der Waals surface area contributed by atoms with Crippen molar-refractivity contribution in [3.05, 3.63) is 76.0 Å². The zero-order valence-electron chi connectivity index (χ0n) is 12.9. The average molecular weight is 318 g/mol. The van der Waals surface area contributed by atoms with E-state index in [0.717, 1.165) is 16.3 Å². The van der Waals surface area contributed by atoms with E-state index in [0.29, 0.717) is 5.82 Å². The van der Waals surface area contributed by atoms with E-state index in [4.69, 9.17) is 5.26 Å². The Balaban J connectivity index is 1.93. The number of nitriles is 1. The summed E-state index contributed by atoms with van der Waals surface area (Å²) in [6.07, 6.45) is 0. The number of nitrogens with one attached hydrogen (secondary N) is 1. The van der Waals surface area contributed by atoms with Crippen LogP contribution in [-0.2, 0) is 0 Å². The lowest BCUT2D eigenvalue weighted by Crippen LogP contribution is -2.09. The maximum atomic E-state index is 10.9. The third kappa shape index (κ3) is 2.88. The van der Waals surface area contributed by atoms with Crippen LogP contribution in [0.1, 0.15) is 24.2 Å². The Labute approximate surface area is 138 Å². The Morgan fingerprint density at radius 1 is 1.17 bits per heavy atom. The van der Waals surface area contributed by atoms with Crippen LogP contribution in [0.4, 0.5) is 11.5 Å². The van der Waals surface area contributed by atoms with Gasteiger partial charge in [-0.15, -0.1) is 0 Å². The average Bonchev–Trinajstić information content (AvgIpc) is 2.60. The van der Waals surface area contributed by atoms with Gasteiger partial charge in [-0.1, -0.05) is 42.5 Å². The summed E-state index contributed by atoms with van der Waals surface area (Å²) in [5, 5.41) is 25.4. The van der Waals surface area contributed by atoms with Crippen LogP contribution in [0.5, 0.6) is 0 Å². The number of hydrogen-bond donors (Lipinski definition) is 1. The lowest BCUT2D eigenvalue weighted by molar-refractivity contribution is -0.385. The third-order valence-electron chi connectivity index (χ3n) is 3.83. The molecule has 0 aliphatic rings. The van der Waals surface area contributed by atoms with Gasteiger partial charge in [-0.25, -0.2) is 4.98 Å². The third-order valence-corrected chi connectivity index (χ3v) is 3.83. The Morgan fingerprint density at radius 2 is 1.92 bits per heavy atom. The number of fused-ring (bicyclic) bond motifs is 1. The summed E-state index contributed by atoms with van der Waals surface area (Å²) in [5.74, 6) is 0.428. The molecule has 1 atom stereocenters. The SMILES string of the molecule is CC(Nc1ccc([N+](=O)[O-])c(C#N)n1)c1cccc2ccccc12. The van der Waals surface area contributed by atoms with E-state index in [-0.39, 0.29) is 17.4 Å². The molecule has 24 heavy (non-hydrogen) atoms. The first-order chi connectivity index (χ1) is 11.6. The Morgan fingerprint density at radius 3 is 2.67 bits per heavy atom. The molecule has 0 saturated heterocycles. The van der Waals surface area contributed by atoms with Gasteiger partial charge in [0.2, 0.25) is 5.69 Å². The van der Waals surface area contributed by atoms with Gasteiger partial charge in [0.15, 0.2) is 0 Å². The second-order valence-electron chi connectivity index (χ2n) is 5.37. The van der Waals surface area contributed by atoms with E-state index in [1.165, 1.54) is 12.1 Å². The fraction of sp³-hybridized carbons (Fsp3) is 0.111. The Bertz CT molecular complexity index is 957. The molecule has 0 spiro atoms. The summed E-state index contributed by atoms with van der Waals surface area (Å²) in [6.45, 7) is 1.98. The molecule has 118 valence electrons. The quantitative estimate of drug-likeness (QED) is 0.575. The summed E-state index contributed by atoms with van der Waals surface area (Å²) < 4.78 is 0. The lowest BCUT2D eigenvalue weighted by Gasteiger charge is -2.17. The van der Waals surface area contributed by atoms with Crippen LogP contribution in [-0.4, -0.2) is 9.91 Å². The van der Waals surface area contributed by atoms with Gasteiger partial charge < -0.3 is 5.32 Å². The zero-order chi connectivity index (χ0) is 17.1. The monoisotopic (exact) mass is 318 g/mol. The van der Waals surface area contributed by atoms with Crippen LogP contribution < -0.4 is 5.32 Å². The first-order valence-electron chi connectivity index (χ1n) is 7.40. The van der Waals surface area contributed by atoms with Crippen molar-refractivity contribution in [3.8, 4) is 6.07 Å². The highest BCUT2D eigenvalue weighted by atomic mass is 16.6. The normalized spacial score (nSPS) is 11.7. The van der Waals surface area contributed by atoms with E-state index in [1.54, 1.807) is 6.07 Å². The fourth-order valence-corrected chi connectivity index (χ4v) is 2.69. The first-order valence-corrected chi connectivity index (χ1v) is 7.40. The zero-order valence-corrected chi connectivity index (χ0v) is 12.9. The minimum absolute atomic E-state index is 0.0726. The van der Waals surface area contributed by atoms with Gasteiger partial charge >= 0.3 is 5.69 Å². The number of hydrogen-bond acceptors (Lipinski definition) is 5. The second kappa shape index (κ2) is 6.34. The van der Waals surface area contributed by atoms with Gasteiger partial charge in [0.05, 0.1) is 11.0 Å². The predicted molar refractivity (Wildman–Crippen MR) is 91.6 cm³/mol. The molecule has 1 N–H and O–H groups in total. The summed E-state index contributed by atoms with van der Waals surface area (Å²) >= 11 is 0. The standard InChI is InChI=1S/C18H14N4O2/c1-12(14-8-4-6-13-5-2-3-7-15(13)14)20-18-10-9-17(22(23)24)16(11-19)21-18/h2-10,12H,1H3,(H,20,21). The molecule has 0 amide bonds. The minimum Gasteiger partial charge on any atom is -0.363 e. The van der Waals surface area contributed by atoms with Crippen molar-refractivity contribution >= 4 is 22.3 Å². The number of rotatable bonds is 4. The van der Waals surface area contributed by atoms with Gasteiger partial charge in [-0.3, -0.25) is 10.1 Å². The Kier molecular flexibility index (Phi) is 4.08. The molecular formula is C18H14N4O2. The first kappa shape index (κ1) is 15.4. The van der Waals surface area contributed by atoms with Crippen molar-refractivity contribution < 1.29 is 4.92 Å². The van der Waals surface area contributed by atoms with Crippen molar-refractivity contribution in [2.24, 2.45) is 0 Å². The molecule has 6 heteroatoms. The van der Waals surface area contributed by atoms with Crippen molar-refractivity contribution in [1.29, 1.82) is 5.26 Å². The van der Waals surface area contributed by atoms with Crippen LogP contribution in [0, 0.1) is 21.4 Å². The molecule has 1 aromatic heterocycles. The minimum atomic E-state index is -0.608. The van der Waals surface area contributed by atoms with Gasteiger partial charge in [0, 0.05) is 6.07 Å². The highest BCUT2D eigenvalue weighted by Crippen LogP contribution is 2.27. The topological polar surface area (TPSA) is 91.9 Å². The van der Waals surface area contributed by atoms with Crippen LogP contribution in [0.25, 0.3) is 10.8 Å². The molecule has 0 radical (unpaired) electrons. The summed E-state index contributed by atoms with van der Waals surface area (Å²) in [7, 11) is 0. The number of nitrogens with zero attached hydrogens (tertiary/aromatic N) is 3. The maximum absolute atomic E-state index is 10.9. The van der Waals surface area contributed by atoms with E-state index in [2.05, 4.69) is 10.3 Å². The van der Waals surface area contributed by atoms with Crippen LogP contribution in [0.15, 0.2) is 54.6 Å². The molecular weight excluding hydrogens is 304 g/mol. The van der Waals surface area contributed by atoms with Crippen molar-refractivity contribution in [1.82, 2.24) is 4.98 Å². The number of anilines is 1. The fourth-order valence-electron chi connectivity index (χ4n) is 2.69. The molecule has 6 nitrogen and oxygen atoms in total. The van der Waals surface area contributed by atoms with Crippen molar-refractivity contribution in [3.63, 3.8) is 0 Å². The highest BCUT2D eigenvalue weighted by Gasteiger charge is 2.17. The van der Waals surface area contributed by atoms with Crippen molar-refractivity contribution in [2.45, 2.75) is 13.0 Å². The molecule has 3 aromatic rings. The summed E-state index contributed by atoms with van der Waals surface area (Å²) in [4.78, 5) is 14.3. The second-order valence-corrected chi connectivity index (χ2v) is 5.37. The molecule has 1 unspecified atom stereocenters. The highest BCUT2D eigenvalue weighted by molar-refractivity contribution is 5.86. The van der Waals surface area contributed by atoms with Crippen LogP contribution >= 0.6 is 0 Å². The number of pyridine rings is 1. The number of benzene rings is 2. The van der Waals surface area contributed by atoms with Gasteiger partial charge in [-0.05, 0) is 29.3 Å². The summed E-state index contributed by atoms with van der Waals surface area (Å²) in [5.41, 5.74) is 0.600. The molecule has 0 aliphatic heterocycles. The van der Waals surface area contributed by atoms with Crippen LogP contribution in [0.2, 0.25) is 0 Å². The number of aromatic nitrogens is 1. The largest absolute Gasteiger partial charge is 0.363 e. The molecule has 2 aromatic carbocycles. The summed E-state index contributed by atoms with van der Waals surface area (Å²) in [6, 6.07) is 18.6. The molecule has 0 fully saturated rings. The maximum Gasteiger partial charge on any atom is 0.305 e. The molecule has 0 saturated carbocycles. The van der Waals surface area contributed by atoms with Crippen LogP contribution in [0.3, 0.4) is 0 Å². The van der Waals surface area contributed by atoms with Gasteiger partial charge in [-0.2, -0.15) is 5.26 Å². The molecule has 0 bridgehead atoms. The molecule has 1 heterocycles. The van der Waals surface area contributed by atoms with E-state index in [1.807, 2.05) is 49.4 Å². The molecule has 0 aliphatic carbocycles. The molecule has 3 rings (SSSR count). The predicted octanol–water partition coefficient (Wildman–Crippen LogP) is 4.19. The lowest BCUT2D eigenvalue weighted by atomic mass is 10.00. The number of nitro groups is 1. The smallest absolute Gasteiger partial charge is 0.305 e. The Hall–Kier alpha value is -3.46. The van der Waals surface area contributed by atoms with Gasteiger partial charge in [0.1, 0.15) is 11.9 Å².